The van der Waals surface area contributed by atoms with Crippen molar-refractivity contribution in [2.75, 3.05) is 14.1 Å². The van der Waals surface area contributed by atoms with E-state index >= 15 is 0 Å². The normalized spacial score (nSPS) is 13.7. The van der Waals surface area contributed by atoms with Crippen LogP contribution >= 0.6 is 0 Å². The Hall–Kier alpha value is 0.177. The third-order valence-electron chi connectivity index (χ3n) is 4.14. The first-order chi connectivity index (χ1) is 7.31. The summed E-state index contributed by atoms with van der Waals surface area (Å²) < 4.78 is 0. The largest absolute Gasteiger partial charge is 0.304 e. The fraction of sp³-hybridized carbons (Fsp3) is 1.00. The summed E-state index contributed by atoms with van der Waals surface area (Å²) in [7, 11) is 5.84. The molecule has 98 valence electrons. The lowest BCUT2D eigenvalue weighted by atomic mass is 9.76. The molecule has 0 aromatic carbocycles. The summed E-state index contributed by atoms with van der Waals surface area (Å²) in [5.41, 5.74) is 0.436. The van der Waals surface area contributed by atoms with E-state index in [0.717, 1.165) is 0 Å². The first-order valence-corrected chi connectivity index (χ1v) is 7.99. The molecule has 0 saturated carbocycles. The summed E-state index contributed by atoms with van der Waals surface area (Å²) in [6.07, 6.45) is 8.11. The maximum atomic E-state index is 2.52. The van der Waals surface area contributed by atoms with Crippen molar-refractivity contribution in [3.63, 3.8) is 0 Å². The Labute approximate surface area is 106 Å². The van der Waals surface area contributed by atoms with E-state index in [0.29, 0.717) is 10.6 Å². The zero-order valence-corrected chi connectivity index (χ0v) is 14.7. The SMILES string of the molecule is CCCCC(CCCC)(N(C)C)C(C)(C)[SiH3]. The number of hydrogen-bond acceptors (Lipinski definition) is 1. The van der Waals surface area contributed by atoms with Crippen LogP contribution in [0.15, 0.2) is 0 Å². The molecular weight excluding hydrogens is 210 g/mol. The Balaban J connectivity index is 4.90. The highest BCUT2D eigenvalue weighted by Crippen LogP contribution is 2.45. The average Bonchev–Trinajstić information content (AvgIpc) is 2.16. The van der Waals surface area contributed by atoms with Crippen molar-refractivity contribution in [2.24, 2.45) is 0 Å². The summed E-state index contributed by atoms with van der Waals surface area (Å²) in [4.78, 5) is 2.52. The second-order valence-electron chi connectivity index (χ2n) is 6.38. The van der Waals surface area contributed by atoms with Gasteiger partial charge in [-0.25, -0.2) is 0 Å². The second-order valence-corrected chi connectivity index (χ2v) is 8.88. The predicted octanol–water partition coefficient (Wildman–Crippen LogP) is 3.23. The number of hydrogen-bond donors (Lipinski definition) is 0. The molecule has 0 bridgehead atoms. The van der Waals surface area contributed by atoms with E-state index in [9.17, 15) is 0 Å². The molecule has 0 aliphatic carbocycles. The summed E-state index contributed by atoms with van der Waals surface area (Å²) in [5.74, 6) is 0. The van der Waals surface area contributed by atoms with Crippen molar-refractivity contribution in [2.45, 2.75) is 76.8 Å². The lowest BCUT2D eigenvalue weighted by molar-refractivity contribution is 0.0786. The van der Waals surface area contributed by atoms with Gasteiger partial charge in [-0.15, -0.1) is 0 Å². The summed E-state index contributed by atoms with van der Waals surface area (Å²) in [6, 6.07) is 0. The third-order valence-corrected chi connectivity index (χ3v) is 5.07. The molecule has 16 heavy (non-hydrogen) atoms. The Morgan fingerprint density at radius 1 is 0.938 bits per heavy atom. The summed E-state index contributed by atoms with van der Waals surface area (Å²) in [6.45, 7) is 9.54. The van der Waals surface area contributed by atoms with Gasteiger partial charge in [-0.05, 0) is 32.0 Å². The Morgan fingerprint density at radius 3 is 1.50 bits per heavy atom. The van der Waals surface area contributed by atoms with Gasteiger partial charge in [-0.2, -0.15) is 0 Å². The maximum absolute atomic E-state index is 2.52. The van der Waals surface area contributed by atoms with Gasteiger partial charge in [0.2, 0.25) is 0 Å². The van der Waals surface area contributed by atoms with Crippen molar-refractivity contribution in [1.82, 2.24) is 4.90 Å². The van der Waals surface area contributed by atoms with Gasteiger partial charge in [-0.3, -0.25) is 0 Å². The van der Waals surface area contributed by atoms with Crippen LogP contribution in [-0.2, 0) is 0 Å². The number of rotatable bonds is 8. The minimum Gasteiger partial charge on any atom is -0.304 e. The molecule has 0 spiro atoms. The average molecular weight is 244 g/mol. The topological polar surface area (TPSA) is 3.24 Å². The molecule has 0 amide bonds. The minimum absolute atomic E-state index is 0.436. The highest BCUT2D eigenvalue weighted by atomic mass is 28.1. The van der Waals surface area contributed by atoms with E-state index in [1.54, 1.807) is 0 Å². The Kier molecular flexibility index (Phi) is 6.88. The molecule has 0 rings (SSSR count). The lowest BCUT2D eigenvalue weighted by Crippen LogP contribution is -2.52. The van der Waals surface area contributed by atoms with E-state index in [1.807, 2.05) is 0 Å². The van der Waals surface area contributed by atoms with Gasteiger partial charge >= 0.3 is 0 Å². The fourth-order valence-corrected chi connectivity index (χ4v) is 3.88. The molecule has 0 aromatic heterocycles. The standard InChI is InChI=1S/C14H33NSi/c1-7-9-11-14(15(5)6,12-10-8-2)13(3,4)16/h7-12H2,1-6,16H3. The van der Waals surface area contributed by atoms with Crippen LogP contribution in [0.5, 0.6) is 0 Å². The second kappa shape index (κ2) is 6.80. The van der Waals surface area contributed by atoms with Crippen LogP contribution < -0.4 is 0 Å². The van der Waals surface area contributed by atoms with E-state index in [1.165, 1.54) is 48.8 Å². The molecule has 0 N–H and O–H groups in total. The van der Waals surface area contributed by atoms with Gasteiger partial charge in [-0.1, -0.05) is 53.4 Å². The zero-order chi connectivity index (χ0) is 12.8. The molecule has 1 nitrogen and oxygen atoms in total. The quantitative estimate of drug-likeness (QED) is 0.592. The molecule has 0 aliphatic heterocycles. The van der Waals surface area contributed by atoms with Crippen LogP contribution in [0.3, 0.4) is 0 Å². The van der Waals surface area contributed by atoms with Crippen LogP contribution in [0.4, 0.5) is 0 Å². The van der Waals surface area contributed by atoms with Crippen molar-refractivity contribution in [3.8, 4) is 0 Å². The molecule has 0 atom stereocenters. The zero-order valence-electron chi connectivity index (χ0n) is 12.7. The van der Waals surface area contributed by atoms with Crippen molar-refractivity contribution in [1.29, 1.82) is 0 Å². The van der Waals surface area contributed by atoms with E-state index in [-0.39, 0.29) is 0 Å². The smallest absolute Gasteiger partial charge is 0.0221 e. The van der Waals surface area contributed by atoms with Crippen LogP contribution in [0.2, 0.25) is 5.04 Å². The predicted molar refractivity (Wildman–Crippen MR) is 79.4 cm³/mol. The van der Waals surface area contributed by atoms with Crippen LogP contribution in [0.1, 0.15) is 66.2 Å². The van der Waals surface area contributed by atoms with Crippen LogP contribution in [0.25, 0.3) is 0 Å². The first kappa shape index (κ1) is 16.2. The fourth-order valence-electron chi connectivity index (χ4n) is 2.93. The summed E-state index contributed by atoms with van der Waals surface area (Å²) in [5, 5.41) is 0.501. The molecule has 2 heteroatoms. The van der Waals surface area contributed by atoms with Gasteiger partial charge in [0.15, 0.2) is 0 Å². The molecule has 0 aliphatic rings. The molecular formula is C14H33NSi. The lowest BCUT2D eigenvalue weighted by Gasteiger charge is -2.50. The maximum Gasteiger partial charge on any atom is 0.0221 e. The van der Waals surface area contributed by atoms with E-state index in [4.69, 9.17) is 0 Å². The van der Waals surface area contributed by atoms with Crippen LogP contribution in [-0.4, -0.2) is 34.8 Å². The molecule has 0 saturated heterocycles. The van der Waals surface area contributed by atoms with Crippen LogP contribution in [0, 0.1) is 0 Å². The first-order valence-electron chi connectivity index (χ1n) is 6.99. The van der Waals surface area contributed by atoms with Gasteiger partial charge in [0.1, 0.15) is 0 Å². The highest BCUT2D eigenvalue weighted by molar-refractivity contribution is 6.15. The molecule has 0 aromatic rings. The summed E-state index contributed by atoms with van der Waals surface area (Å²) >= 11 is 0. The third kappa shape index (κ3) is 3.88. The minimum atomic E-state index is 0.436. The molecule has 0 heterocycles. The van der Waals surface area contributed by atoms with Gasteiger partial charge in [0.05, 0.1) is 0 Å². The number of nitrogens with zero attached hydrogens (tertiary/aromatic N) is 1. The Bertz CT molecular complexity index is 174. The van der Waals surface area contributed by atoms with E-state index < -0.39 is 0 Å². The molecule has 0 unspecified atom stereocenters. The van der Waals surface area contributed by atoms with E-state index in [2.05, 4.69) is 46.7 Å². The van der Waals surface area contributed by atoms with Crippen molar-refractivity contribution >= 4 is 10.2 Å². The monoisotopic (exact) mass is 243 g/mol. The van der Waals surface area contributed by atoms with Gasteiger partial charge in [0, 0.05) is 15.8 Å². The Morgan fingerprint density at radius 2 is 1.31 bits per heavy atom. The number of unbranched alkanes of at least 4 members (excludes halogenated alkanes) is 2. The van der Waals surface area contributed by atoms with Gasteiger partial charge < -0.3 is 4.90 Å². The van der Waals surface area contributed by atoms with Crippen molar-refractivity contribution < 1.29 is 0 Å². The molecule has 0 fully saturated rings. The highest BCUT2D eigenvalue weighted by Gasteiger charge is 2.42. The van der Waals surface area contributed by atoms with Crippen molar-refractivity contribution in [3.05, 3.63) is 0 Å². The van der Waals surface area contributed by atoms with Gasteiger partial charge in [0.25, 0.3) is 0 Å². The molecule has 0 radical (unpaired) electrons.